The van der Waals surface area contributed by atoms with E-state index in [9.17, 15) is 9.90 Å². The molecule has 0 aliphatic carbocycles. The highest BCUT2D eigenvalue weighted by molar-refractivity contribution is 5.69. The first-order chi connectivity index (χ1) is 17.4. The molecule has 36 heavy (non-hydrogen) atoms. The molecule has 0 amide bonds. The summed E-state index contributed by atoms with van der Waals surface area (Å²) in [6, 6.07) is 0. The highest BCUT2D eigenvalue weighted by Gasteiger charge is 2.24. The lowest BCUT2D eigenvalue weighted by Crippen LogP contribution is -2.20. The standard InChI is InChI=1S/C34H68O2/c1-6-8-27-32(24-7-2)29-33(34(35)36)28-31(5)26-23-21-19-17-15-13-11-9-10-12-14-16-18-20-22-25-30(3)4/h30-33H,6-29H2,1-5H3,(H,35,36). The summed E-state index contributed by atoms with van der Waals surface area (Å²) in [7, 11) is 0. The van der Waals surface area contributed by atoms with Crippen LogP contribution in [-0.2, 0) is 4.79 Å². The first-order valence-corrected chi connectivity index (χ1v) is 16.6. The van der Waals surface area contributed by atoms with Gasteiger partial charge in [-0.05, 0) is 30.6 Å². The summed E-state index contributed by atoms with van der Waals surface area (Å²) in [5.74, 6) is 1.33. The van der Waals surface area contributed by atoms with Crippen molar-refractivity contribution in [3.8, 4) is 0 Å². The van der Waals surface area contributed by atoms with Crippen molar-refractivity contribution in [2.45, 2.75) is 189 Å². The Morgan fingerprint density at radius 2 is 0.972 bits per heavy atom. The van der Waals surface area contributed by atoms with E-state index in [0.717, 1.165) is 18.8 Å². The van der Waals surface area contributed by atoms with Gasteiger partial charge in [0, 0.05) is 0 Å². The molecule has 0 saturated heterocycles. The number of rotatable bonds is 28. The van der Waals surface area contributed by atoms with Crippen LogP contribution in [0.2, 0.25) is 0 Å². The molecule has 0 aromatic heterocycles. The van der Waals surface area contributed by atoms with Crippen LogP contribution in [0.15, 0.2) is 0 Å². The van der Waals surface area contributed by atoms with Crippen LogP contribution in [0.25, 0.3) is 0 Å². The number of carboxylic acid groups (broad SMARTS) is 1. The van der Waals surface area contributed by atoms with Gasteiger partial charge in [-0.25, -0.2) is 0 Å². The summed E-state index contributed by atoms with van der Waals surface area (Å²) in [5.41, 5.74) is 0. The normalized spacial score (nSPS) is 14.3. The first kappa shape index (κ1) is 35.5. The Kier molecular flexibility index (Phi) is 25.7. The van der Waals surface area contributed by atoms with E-state index in [4.69, 9.17) is 0 Å². The van der Waals surface area contributed by atoms with Gasteiger partial charge in [-0.1, -0.05) is 176 Å². The number of unbranched alkanes of at least 4 members (excludes halogenated alkanes) is 15. The molecular formula is C34H68O2. The highest BCUT2D eigenvalue weighted by Crippen LogP contribution is 2.29. The Morgan fingerprint density at radius 3 is 1.36 bits per heavy atom. The number of aliphatic carboxylic acids is 1. The summed E-state index contributed by atoms with van der Waals surface area (Å²) in [6.07, 6.45) is 31.6. The molecule has 216 valence electrons. The molecule has 0 fully saturated rings. The molecular weight excluding hydrogens is 440 g/mol. The van der Waals surface area contributed by atoms with Crippen molar-refractivity contribution < 1.29 is 9.90 Å². The van der Waals surface area contributed by atoms with Crippen LogP contribution in [0.4, 0.5) is 0 Å². The Labute approximate surface area is 228 Å². The molecule has 3 unspecified atom stereocenters. The molecule has 0 radical (unpaired) electrons. The van der Waals surface area contributed by atoms with Crippen LogP contribution < -0.4 is 0 Å². The van der Waals surface area contributed by atoms with Gasteiger partial charge >= 0.3 is 5.97 Å². The maximum atomic E-state index is 11.9. The van der Waals surface area contributed by atoms with Gasteiger partial charge in [0.15, 0.2) is 0 Å². The third kappa shape index (κ3) is 23.8. The third-order valence-electron chi connectivity index (χ3n) is 8.30. The molecule has 0 aliphatic rings. The fourth-order valence-corrected chi connectivity index (χ4v) is 5.93. The average Bonchev–Trinajstić information content (AvgIpc) is 2.83. The quantitative estimate of drug-likeness (QED) is 0.107. The van der Waals surface area contributed by atoms with Crippen LogP contribution in [0.1, 0.15) is 189 Å². The zero-order valence-corrected chi connectivity index (χ0v) is 25.6. The predicted molar refractivity (Wildman–Crippen MR) is 161 cm³/mol. The van der Waals surface area contributed by atoms with Gasteiger partial charge < -0.3 is 5.11 Å². The van der Waals surface area contributed by atoms with Gasteiger partial charge in [-0.3, -0.25) is 4.79 Å². The molecule has 0 aromatic carbocycles. The van der Waals surface area contributed by atoms with E-state index >= 15 is 0 Å². The SMILES string of the molecule is CCCCC(CCC)CC(CC(C)CCCCCCCCCCCCCCCCCC(C)C)C(=O)O. The van der Waals surface area contributed by atoms with Crippen molar-refractivity contribution in [1.82, 2.24) is 0 Å². The second-order valence-electron chi connectivity index (χ2n) is 12.7. The lowest BCUT2D eigenvalue weighted by molar-refractivity contribution is -0.143. The van der Waals surface area contributed by atoms with Gasteiger partial charge in [-0.2, -0.15) is 0 Å². The van der Waals surface area contributed by atoms with Crippen molar-refractivity contribution in [2.75, 3.05) is 0 Å². The number of carbonyl (C=O) groups is 1. The predicted octanol–water partition coefficient (Wildman–Crippen LogP) is 12.0. The molecule has 2 heteroatoms. The summed E-state index contributed by atoms with van der Waals surface area (Å²) in [5, 5.41) is 9.79. The van der Waals surface area contributed by atoms with E-state index in [-0.39, 0.29) is 5.92 Å². The largest absolute Gasteiger partial charge is 0.481 e. The Morgan fingerprint density at radius 1 is 0.528 bits per heavy atom. The fraction of sp³-hybridized carbons (Fsp3) is 0.971. The molecule has 0 spiro atoms. The second kappa shape index (κ2) is 26.1. The smallest absolute Gasteiger partial charge is 0.306 e. The van der Waals surface area contributed by atoms with Crippen molar-refractivity contribution in [1.29, 1.82) is 0 Å². The maximum absolute atomic E-state index is 11.9. The van der Waals surface area contributed by atoms with E-state index in [0.29, 0.717) is 11.8 Å². The monoisotopic (exact) mass is 509 g/mol. The van der Waals surface area contributed by atoms with E-state index in [1.165, 1.54) is 141 Å². The summed E-state index contributed by atoms with van der Waals surface area (Å²) < 4.78 is 0. The topological polar surface area (TPSA) is 37.3 Å². The molecule has 0 aliphatic heterocycles. The summed E-state index contributed by atoms with van der Waals surface area (Å²) in [4.78, 5) is 11.9. The van der Waals surface area contributed by atoms with Crippen LogP contribution >= 0.6 is 0 Å². The molecule has 0 saturated carbocycles. The lowest BCUT2D eigenvalue weighted by atomic mass is 9.82. The lowest BCUT2D eigenvalue weighted by Gasteiger charge is -2.23. The van der Waals surface area contributed by atoms with Crippen LogP contribution in [0.3, 0.4) is 0 Å². The average molecular weight is 509 g/mol. The Bertz CT molecular complexity index is 458. The van der Waals surface area contributed by atoms with Crippen LogP contribution in [-0.4, -0.2) is 11.1 Å². The van der Waals surface area contributed by atoms with Gasteiger partial charge in [0.1, 0.15) is 0 Å². The minimum Gasteiger partial charge on any atom is -0.481 e. The Hall–Kier alpha value is -0.530. The minimum atomic E-state index is -0.559. The summed E-state index contributed by atoms with van der Waals surface area (Å²) >= 11 is 0. The third-order valence-corrected chi connectivity index (χ3v) is 8.30. The maximum Gasteiger partial charge on any atom is 0.306 e. The van der Waals surface area contributed by atoms with Crippen LogP contribution in [0, 0.1) is 23.7 Å². The van der Waals surface area contributed by atoms with Crippen molar-refractivity contribution in [3.05, 3.63) is 0 Å². The fourth-order valence-electron chi connectivity index (χ4n) is 5.93. The zero-order chi connectivity index (χ0) is 26.9. The van der Waals surface area contributed by atoms with Crippen molar-refractivity contribution in [2.24, 2.45) is 23.7 Å². The number of hydrogen-bond acceptors (Lipinski definition) is 1. The molecule has 0 heterocycles. The van der Waals surface area contributed by atoms with E-state index < -0.39 is 5.97 Å². The van der Waals surface area contributed by atoms with E-state index in [2.05, 4.69) is 34.6 Å². The van der Waals surface area contributed by atoms with E-state index in [1.807, 2.05) is 0 Å². The molecule has 0 aromatic rings. The van der Waals surface area contributed by atoms with Crippen LogP contribution in [0.5, 0.6) is 0 Å². The number of hydrogen-bond donors (Lipinski definition) is 1. The molecule has 0 rings (SSSR count). The molecule has 2 nitrogen and oxygen atoms in total. The van der Waals surface area contributed by atoms with Gasteiger partial charge in [0.25, 0.3) is 0 Å². The van der Waals surface area contributed by atoms with Gasteiger partial charge in [-0.15, -0.1) is 0 Å². The zero-order valence-electron chi connectivity index (χ0n) is 25.6. The highest BCUT2D eigenvalue weighted by atomic mass is 16.4. The first-order valence-electron chi connectivity index (χ1n) is 16.6. The second-order valence-corrected chi connectivity index (χ2v) is 12.7. The number of carboxylic acids is 1. The van der Waals surface area contributed by atoms with E-state index in [1.54, 1.807) is 0 Å². The van der Waals surface area contributed by atoms with Crippen molar-refractivity contribution >= 4 is 5.97 Å². The Balaban J connectivity index is 3.63. The molecule has 0 bridgehead atoms. The van der Waals surface area contributed by atoms with Crippen molar-refractivity contribution in [3.63, 3.8) is 0 Å². The van der Waals surface area contributed by atoms with Gasteiger partial charge in [0.2, 0.25) is 0 Å². The molecule has 1 N–H and O–H groups in total. The molecule has 3 atom stereocenters. The minimum absolute atomic E-state index is 0.136. The van der Waals surface area contributed by atoms with Gasteiger partial charge in [0.05, 0.1) is 5.92 Å². The summed E-state index contributed by atoms with van der Waals surface area (Å²) in [6.45, 7) is 11.4.